The first-order valence-electron chi connectivity index (χ1n) is 3.83. The molecule has 0 aromatic carbocycles. The summed E-state index contributed by atoms with van der Waals surface area (Å²) in [5, 5.41) is 8.84. The normalized spacial score (nSPS) is 10.6. The van der Waals surface area contributed by atoms with Gasteiger partial charge in [0.2, 0.25) is 5.13 Å². The number of aromatic nitrogens is 2. The Kier molecular flexibility index (Phi) is 1.81. The van der Waals surface area contributed by atoms with Crippen LogP contribution in [0.5, 0.6) is 0 Å². The summed E-state index contributed by atoms with van der Waals surface area (Å²) in [7, 11) is 0. The lowest BCUT2D eigenvalue weighted by Gasteiger charge is -1.88. The van der Waals surface area contributed by atoms with Crippen molar-refractivity contribution in [3.05, 3.63) is 17.4 Å². The van der Waals surface area contributed by atoms with Gasteiger partial charge in [-0.05, 0) is 25.5 Å². The third kappa shape index (κ3) is 1.42. The standard InChI is InChI=1S/C8H9N3OS/c1-4-3-5(2)12-6(4)7-10-11-8(9)13-7/h3H,1-2H3,(H2,9,11). The second kappa shape index (κ2) is 2.85. The number of nitrogen functional groups attached to an aromatic ring is 1. The highest BCUT2D eigenvalue weighted by atomic mass is 32.1. The summed E-state index contributed by atoms with van der Waals surface area (Å²) in [5.41, 5.74) is 6.54. The molecule has 2 aromatic heterocycles. The molecule has 0 spiro atoms. The van der Waals surface area contributed by atoms with Crippen LogP contribution in [0, 0.1) is 13.8 Å². The predicted octanol–water partition coefficient (Wildman–Crippen LogP) is 2.00. The van der Waals surface area contributed by atoms with Gasteiger partial charge in [-0.1, -0.05) is 11.3 Å². The Hall–Kier alpha value is -1.36. The van der Waals surface area contributed by atoms with Crippen molar-refractivity contribution in [1.82, 2.24) is 10.2 Å². The average Bonchev–Trinajstić information content (AvgIpc) is 2.58. The highest BCUT2D eigenvalue weighted by Gasteiger charge is 2.12. The van der Waals surface area contributed by atoms with Gasteiger partial charge in [-0.2, -0.15) is 0 Å². The zero-order valence-electron chi connectivity index (χ0n) is 7.37. The third-order valence-electron chi connectivity index (χ3n) is 1.68. The van der Waals surface area contributed by atoms with Crippen LogP contribution in [0.4, 0.5) is 5.13 Å². The number of nitrogens with zero attached hydrogens (tertiary/aromatic N) is 2. The lowest BCUT2D eigenvalue weighted by molar-refractivity contribution is 0.546. The lowest BCUT2D eigenvalue weighted by atomic mass is 10.3. The van der Waals surface area contributed by atoms with E-state index in [-0.39, 0.29) is 0 Å². The van der Waals surface area contributed by atoms with Crippen molar-refractivity contribution < 1.29 is 4.42 Å². The number of rotatable bonds is 1. The fourth-order valence-electron chi connectivity index (χ4n) is 1.18. The highest BCUT2D eigenvalue weighted by molar-refractivity contribution is 7.18. The van der Waals surface area contributed by atoms with Gasteiger partial charge in [0.05, 0.1) is 0 Å². The second-order valence-electron chi connectivity index (χ2n) is 2.81. The maximum Gasteiger partial charge on any atom is 0.203 e. The second-order valence-corrected chi connectivity index (χ2v) is 3.82. The summed E-state index contributed by atoms with van der Waals surface area (Å²) in [6, 6.07) is 1.97. The topological polar surface area (TPSA) is 64.9 Å². The van der Waals surface area contributed by atoms with Crippen molar-refractivity contribution in [1.29, 1.82) is 0 Å². The van der Waals surface area contributed by atoms with E-state index in [1.165, 1.54) is 11.3 Å². The van der Waals surface area contributed by atoms with Crippen LogP contribution < -0.4 is 5.73 Å². The van der Waals surface area contributed by atoms with E-state index in [0.717, 1.165) is 22.1 Å². The molecule has 2 rings (SSSR count). The minimum Gasteiger partial charge on any atom is -0.458 e. The van der Waals surface area contributed by atoms with Crippen LogP contribution in [0.15, 0.2) is 10.5 Å². The molecule has 4 nitrogen and oxygen atoms in total. The smallest absolute Gasteiger partial charge is 0.203 e. The monoisotopic (exact) mass is 195 g/mol. The quantitative estimate of drug-likeness (QED) is 0.755. The number of hydrogen-bond acceptors (Lipinski definition) is 5. The maximum atomic E-state index is 5.48. The summed E-state index contributed by atoms with van der Waals surface area (Å²) in [5.74, 6) is 1.65. The molecular formula is C8H9N3OS. The first-order chi connectivity index (χ1) is 6.16. The minimum atomic E-state index is 0.462. The van der Waals surface area contributed by atoms with Gasteiger partial charge in [0.25, 0.3) is 0 Å². The summed E-state index contributed by atoms with van der Waals surface area (Å²) < 4.78 is 5.47. The Balaban J connectivity index is 2.51. The molecule has 2 aromatic rings. The first-order valence-corrected chi connectivity index (χ1v) is 4.65. The van der Waals surface area contributed by atoms with Crippen molar-refractivity contribution in [3.63, 3.8) is 0 Å². The molecule has 68 valence electrons. The third-order valence-corrected chi connectivity index (χ3v) is 2.43. The molecule has 0 aliphatic carbocycles. The molecular weight excluding hydrogens is 186 g/mol. The van der Waals surface area contributed by atoms with E-state index in [4.69, 9.17) is 10.2 Å². The van der Waals surface area contributed by atoms with Crippen molar-refractivity contribution in [3.8, 4) is 10.8 Å². The Bertz CT molecular complexity index is 432. The van der Waals surface area contributed by atoms with Gasteiger partial charge in [0.1, 0.15) is 5.76 Å². The molecule has 0 unspecified atom stereocenters. The zero-order chi connectivity index (χ0) is 9.42. The molecule has 0 aliphatic heterocycles. The summed E-state index contributed by atoms with van der Waals surface area (Å²) >= 11 is 1.33. The van der Waals surface area contributed by atoms with E-state index >= 15 is 0 Å². The Morgan fingerprint density at radius 2 is 2.15 bits per heavy atom. The van der Waals surface area contributed by atoms with Crippen LogP contribution in [0.2, 0.25) is 0 Å². The van der Waals surface area contributed by atoms with Gasteiger partial charge in [-0.3, -0.25) is 0 Å². The minimum absolute atomic E-state index is 0.462. The van der Waals surface area contributed by atoms with Crippen LogP contribution >= 0.6 is 11.3 Å². The highest BCUT2D eigenvalue weighted by Crippen LogP contribution is 2.29. The number of hydrogen-bond donors (Lipinski definition) is 1. The van der Waals surface area contributed by atoms with Crippen molar-refractivity contribution in [2.24, 2.45) is 0 Å². The molecule has 0 saturated heterocycles. The van der Waals surface area contributed by atoms with Crippen LogP contribution in [-0.4, -0.2) is 10.2 Å². The molecule has 2 N–H and O–H groups in total. The summed E-state index contributed by atoms with van der Waals surface area (Å²) in [4.78, 5) is 0. The van der Waals surface area contributed by atoms with Crippen LogP contribution in [-0.2, 0) is 0 Å². The molecule has 5 heteroatoms. The van der Waals surface area contributed by atoms with E-state index in [1.807, 2.05) is 19.9 Å². The van der Waals surface area contributed by atoms with E-state index in [1.54, 1.807) is 0 Å². The Morgan fingerprint density at radius 3 is 2.62 bits per heavy atom. The van der Waals surface area contributed by atoms with Crippen molar-refractivity contribution in [2.75, 3.05) is 5.73 Å². The molecule has 13 heavy (non-hydrogen) atoms. The Morgan fingerprint density at radius 1 is 1.38 bits per heavy atom. The summed E-state index contributed by atoms with van der Waals surface area (Å²) in [6.07, 6.45) is 0. The molecule has 0 fully saturated rings. The molecule has 0 amide bonds. The van der Waals surface area contributed by atoms with Gasteiger partial charge < -0.3 is 10.2 Å². The van der Waals surface area contributed by atoms with E-state index in [2.05, 4.69) is 10.2 Å². The number of furan rings is 1. The van der Waals surface area contributed by atoms with E-state index in [9.17, 15) is 0 Å². The number of anilines is 1. The Labute approximate surface area is 79.4 Å². The molecule has 2 heterocycles. The fraction of sp³-hybridized carbons (Fsp3) is 0.250. The molecule has 0 bridgehead atoms. The fourth-order valence-corrected chi connectivity index (χ4v) is 1.84. The molecule has 0 radical (unpaired) electrons. The van der Waals surface area contributed by atoms with E-state index < -0.39 is 0 Å². The molecule has 0 atom stereocenters. The van der Waals surface area contributed by atoms with Crippen molar-refractivity contribution in [2.45, 2.75) is 13.8 Å². The molecule has 0 saturated carbocycles. The average molecular weight is 195 g/mol. The van der Waals surface area contributed by atoms with Crippen LogP contribution in [0.3, 0.4) is 0 Å². The molecule has 0 aliphatic rings. The maximum absolute atomic E-state index is 5.48. The SMILES string of the molecule is Cc1cc(C)c(-c2nnc(N)s2)o1. The van der Waals surface area contributed by atoms with Gasteiger partial charge >= 0.3 is 0 Å². The first kappa shape index (κ1) is 8.25. The van der Waals surface area contributed by atoms with Gasteiger partial charge in [-0.25, -0.2) is 0 Å². The number of nitrogens with two attached hydrogens (primary N) is 1. The number of aryl methyl sites for hydroxylation is 2. The largest absolute Gasteiger partial charge is 0.458 e. The van der Waals surface area contributed by atoms with Crippen LogP contribution in [0.1, 0.15) is 11.3 Å². The predicted molar refractivity (Wildman–Crippen MR) is 51.5 cm³/mol. The van der Waals surface area contributed by atoms with Crippen LogP contribution in [0.25, 0.3) is 10.8 Å². The van der Waals surface area contributed by atoms with Crippen molar-refractivity contribution >= 4 is 16.5 Å². The zero-order valence-corrected chi connectivity index (χ0v) is 8.18. The summed E-state index contributed by atoms with van der Waals surface area (Å²) in [6.45, 7) is 3.88. The van der Waals surface area contributed by atoms with Gasteiger partial charge in [-0.15, -0.1) is 10.2 Å². The van der Waals surface area contributed by atoms with E-state index in [0.29, 0.717) is 5.13 Å². The lowest BCUT2D eigenvalue weighted by Crippen LogP contribution is -1.80. The van der Waals surface area contributed by atoms with Gasteiger partial charge in [0, 0.05) is 0 Å². The van der Waals surface area contributed by atoms with Gasteiger partial charge in [0.15, 0.2) is 10.8 Å².